The lowest BCUT2D eigenvalue weighted by Crippen LogP contribution is -2.48. The summed E-state index contributed by atoms with van der Waals surface area (Å²) >= 11 is 0. The Hall–Kier alpha value is -1.40. The van der Waals surface area contributed by atoms with Gasteiger partial charge in [-0.1, -0.05) is 18.9 Å². The van der Waals surface area contributed by atoms with Crippen LogP contribution in [-0.4, -0.2) is 18.1 Å². The molecular weight excluding hydrogens is 290 g/mol. The fourth-order valence-corrected chi connectivity index (χ4v) is 2.24. The van der Waals surface area contributed by atoms with Crippen molar-refractivity contribution in [1.82, 2.24) is 0 Å². The summed E-state index contributed by atoms with van der Waals surface area (Å²) in [7, 11) is 0. The first-order chi connectivity index (χ1) is 8.99. The van der Waals surface area contributed by atoms with E-state index in [2.05, 4.69) is 10.1 Å². The highest BCUT2D eigenvalue weighted by Crippen LogP contribution is 2.29. The molecule has 0 unspecified atom stereocenters. The molecule has 1 aliphatic carbocycles. The first-order valence-corrected chi connectivity index (χ1v) is 6.15. The molecule has 1 aromatic rings. The van der Waals surface area contributed by atoms with Gasteiger partial charge in [-0.05, 0) is 25.0 Å². The zero-order valence-corrected chi connectivity index (χ0v) is 11.6. The predicted molar refractivity (Wildman–Crippen MR) is 74.3 cm³/mol. The maximum Gasteiger partial charge on any atom is 0.387 e. The number of carbonyl (C=O) groups excluding carboxylic acids is 1. The molecule has 0 heterocycles. The smallest absolute Gasteiger partial charge is 0.387 e. The normalized spacial score (nSPS) is 16.6. The fourth-order valence-electron chi connectivity index (χ4n) is 2.24. The molecule has 1 aromatic carbocycles. The lowest BCUT2D eigenvalue weighted by atomic mass is 9.98. The zero-order valence-electron chi connectivity index (χ0n) is 10.8. The third-order valence-electron chi connectivity index (χ3n) is 3.27. The second-order valence-corrected chi connectivity index (χ2v) is 4.72. The number of nitrogens with one attached hydrogen (secondary N) is 1. The van der Waals surface area contributed by atoms with Gasteiger partial charge >= 0.3 is 6.61 Å². The van der Waals surface area contributed by atoms with Gasteiger partial charge in [-0.25, -0.2) is 0 Å². The van der Waals surface area contributed by atoms with Crippen molar-refractivity contribution in [3.05, 3.63) is 24.3 Å². The standard InChI is InChI=1S/C13H16F2N2O2.ClH/c14-12(15)19-10-5-3-4-9(8-10)17-11(18)13(16)6-1-2-7-13;/h3-5,8,12H,1-2,6-7,16H2,(H,17,18);1H. The van der Waals surface area contributed by atoms with E-state index in [9.17, 15) is 13.6 Å². The summed E-state index contributed by atoms with van der Waals surface area (Å²) in [6.45, 7) is -2.89. The Morgan fingerprint density at radius 2 is 2.00 bits per heavy atom. The largest absolute Gasteiger partial charge is 0.435 e. The Morgan fingerprint density at radius 1 is 1.35 bits per heavy atom. The predicted octanol–water partition coefficient (Wildman–Crippen LogP) is 2.92. The maximum atomic E-state index is 12.1. The van der Waals surface area contributed by atoms with Crippen molar-refractivity contribution >= 4 is 24.0 Å². The Bertz CT molecular complexity index is 465. The third-order valence-corrected chi connectivity index (χ3v) is 3.27. The van der Waals surface area contributed by atoms with Crippen LogP contribution in [-0.2, 0) is 4.79 Å². The van der Waals surface area contributed by atoms with Gasteiger partial charge in [0.25, 0.3) is 0 Å². The van der Waals surface area contributed by atoms with E-state index < -0.39 is 12.2 Å². The fraction of sp³-hybridized carbons (Fsp3) is 0.462. The number of alkyl halides is 2. The summed E-state index contributed by atoms with van der Waals surface area (Å²) in [6, 6.07) is 5.89. The number of rotatable bonds is 4. The molecule has 0 atom stereocenters. The minimum absolute atomic E-state index is 0. The number of amides is 1. The van der Waals surface area contributed by atoms with Crippen LogP contribution in [0.15, 0.2) is 24.3 Å². The highest BCUT2D eigenvalue weighted by Gasteiger charge is 2.36. The second kappa shape index (κ2) is 6.85. The quantitative estimate of drug-likeness (QED) is 0.899. The average molecular weight is 307 g/mol. The molecule has 0 aliphatic heterocycles. The Kier molecular flexibility index (Phi) is 5.71. The lowest BCUT2D eigenvalue weighted by Gasteiger charge is -2.22. The van der Waals surface area contributed by atoms with Crippen LogP contribution in [0.4, 0.5) is 14.5 Å². The minimum atomic E-state index is -2.89. The molecule has 1 amide bonds. The molecule has 2 rings (SSSR count). The van der Waals surface area contributed by atoms with Gasteiger partial charge < -0.3 is 15.8 Å². The van der Waals surface area contributed by atoms with Crippen LogP contribution in [0.2, 0.25) is 0 Å². The van der Waals surface area contributed by atoms with Crippen LogP contribution in [0.3, 0.4) is 0 Å². The highest BCUT2D eigenvalue weighted by molar-refractivity contribution is 5.98. The summed E-state index contributed by atoms with van der Waals surface area (Å²) in [5.74, 6) is -0.274. The van der Waals surface area contributed by atoms with Crippen LogP contribution in [0.25, 0.3) is 0 Å². The summed E-state index contributed by atoms with van der Waals surface area (Å²) in [6.07, 6.45) is 3.15. The van der Waals surface area contributed by atoms with Crippen molar-refractivity contribution in [2.75, 3.05) is 5.32 Å². The van der Waals surface area contributed by atoms with Crippen LogP contribution < -0.4 is 15.8 Å². The zero-order chi connectivity index (χ0) is 13.9. The van der Waals surface area contributed by atoms with E-state index in [1.807, 2.05) is 0 Å². The average Bonchev–Trinajstić information content (AvgIpc) is 2.77. The van der Waals surface area contributed by atoms with Crippen LogP contribution in [0, 0.1) is 0 Å². The number of carbonyl (C=O) groups is 1. The summed E-state index contributed by atoms with van der Waals surface area (Å²) in [5, 5.41) is 2.65. The number of nitrogens with two attached hydrogens (primary N) is 1. The van der Waals surface area contributed by atoms with Gasteiger partial charge in [0, 0.05) is 11.8 Å². The highest BCUT2D eigenvalue weighted by atomic mass is 35.5. The van der Waals surface area contributed by atoms with Crippen molar-refractivity contribution in [3.8, 4) is 5.75 Å². The topological polar surface area (TPSA) is 64.4 Å². The minimum Gasteiger partial charge on any atom is -0.435 e. The van der Waals surface area contributed by atoms with Gasteiger partial charge in [-0.3, -0.25) is 4.79 Å². The van der Waals surface area contributed by atoms with Gasteiger partial charge in [-0.15, -0.1) is 12.4 Å². The molecule has 1 aliphatic rings. The van der Waals surface area contributed by atoms with Crippen molar-refractivity contribution < 1.29 is 18.3 Å². The number of ether oxygens (including phenoxy) is 1. The van der Waals surface area contributed by atoms with E-state index in [-0.39, 0.29) is 24.1 Å². The molecule has 3 N–H and O–H groups in total. The van der Waals surface area contributed by atoms with Crippen LogP contribution in [0.5, 0.6) is 5.75 Å². The number of halogens is 3. The number of anilines is 1. The van der Waals surface area contributed by atoms with E-state index >= 15 is 0 Å². The van der Waals surface area contributed by atoms with Gasteiger partial charge in [0.1, 0.15) is 5.75 Å². The van der Waals surface area contributed by atoms with Crippen molar-refractivity contribution in [3.63, 3.8) is 0 Å². The first-order valence-electron chi connectivity index (χ1n) is 6.15. The van der Waals surface area contributed by atoms with Gasteiger partial charge in [0.2, 0.25) is 5.91 Å². The number of hydrogen-bond donors (Lipinski definition) is 2. The van der Waals surface area contributed by atoms with E-state index in [1.54, 1.807) is 6.07 Å². The van der Waals surface area contributed by atoms with E-state index in [0.29, 0.717) is 18.5 Å². The van der Waals surface area contributed by atoms with Gasteiger partial charge in [0.15, 0.2) is 0 Å². The Morgan fingerprint density at radius 3 is 2.60 bits per heavy atom. The second-order valence-electron chi connectivity index (χ2n) is 4.72. The summed E-state index contributed by atoms with van der Waals surface area (Å²) in [5.41, 5.74) is 5.56. The molecule has 1 fully saturated rings. The molecule has 0 aromatic heterocycles. The molecule has 1 saturated carbocycles. The molecule has 0 spiro atoms. The van der Waals surface area contributed by atoms with Crippen LogP contribution >= 0.6 is 12.4 Å². The lowest BCUT2D eigenvalue weighted by molar-refractivity contribution is -0.121. The van der Waals surface area contributed by atoms with Crippen molar-refractivity contribution in [1.29, 1.82) is 0 Å². The van der Waals surface area contributed by atoms with E-state index in [0.717, 1.165) is 12.8 Å². The van der Waals surface area contributed by atoms with E-state index in [1.165, 1.54) is 18.2 Å². The number of benzene rings is 1. The monoisotopic (exact) mass is 306 g/mol. The molecule has 4 nitrogen and oxygen atoms in total. The van der Waals surface area contributed by atoms with E-state index in [4.69, 9.17) is 5.73 Å². The SMILES string of the molecule is Cl.NC1(C(=O)Nc2cccc(OC(F)F)c2)CCCC1. The maximum absolute atomic E-state index is 12.1. The summed E-state index contributed by atoms with van der Waals surface area (Å²) < 4.78 is 28.5. The Balaban J connectivity index is 0.00000200. The van der Waals surface area contributed by atoms with Gasteiger partial charge in [0.05, 0.1) is 5.54 Å². The molecule has 20 heavy (non-hydrogen) atoms. The van der Waals surface area contributed by atoms with Gasteiger partial charge in [-0.2, -0.15) is 8.78 Å². The van der Waals surface area contributed by atoms with Crippen molar-refractivity contribution in [2.45, 2.75) is 37.8 Å². The molecular formula is C13H17ClF2N2O2. The number of hydrogen-bond acceptors (Lipinski definition) is 3. The first kappa shape index (κ1) is 16.7. The molecule has 0 bridgehead atoms. The molecule has 0 saturated heterocycles. The Labute approximate surface area is 122 Å². The summed E-state index contributed by atoms with van der Waals surface area (Å²) in [4.78, 5) is 12.0. The molecule has 0 radical (unpaired) electrons. The molecule has 7 heteroatoms. The molecule has 112 valence electrons. The van der Waals surface area contributed by atoms with Crippen LogP contribution in [0.1, 0.15) is 25.7 Å². The third kappa shape index (κ3) is 4.05. The van der Waals surface area contributed by atoms with Crippen molar-refractivity contribution in [2.24, 2.45) is 5.73 Å².